The molecule has 10 heteroatoms. The molecule has 0 unspecified atom stereocenters. The molecule has 0 radical (unpaired) electrons. The van der Waals surface area contributed by atoms with Gasteiger partial charge in [0, 0.05) is 36.8 Å². The third kappa shape index (κ3) is 10.5. The lowest BCUT2D eigenvalue weighted by Crippen LogP contribution is -2.40. The number of hydrogen-bond acceptors (Lipinski definition) is 6. The molecule has 59 heavy (non-hydrogen) atoms. The molecule has 2 N–H and O–H groups in total. The van der Waals surface area contributed by atoms with Crippen LogP contribution in [0.15, 0.2) is 48.5 Å². The van der Waals surface area contributed by atoms with Gasteiger partial charge >= 0.3 is 6.09 Å². The smallest absolute Gasteiger partial charge is 0.419 e. The summed E-state index contributed by atoms with van der Waals surface area (Å²) in [4.78, 5) is 26.4. The van der Waals surface area contributed by atoms with Gasteiger partial charge in [-0.05, 0) is 77.3 Å². The summed E-state index contributed by atoms with van der Waals surface area (Å²) in [6.45, 7) is 25.9. The van der Waals surface area contributed by atoms with Crippen LogP contribution in [0, 0.1) is 0 Å². The molecule has 0 saturated carbocycles. The first kappa shape index (κ1) is 46.2. The number of phenols is 1. The standard InChI is InChI=1S/C49H60Cl3NO6/c1-45(2,3)35-19-27-15-29-21-36(46(4,5)6)23-31(40(29)57-13)17-33-25-38(48(10,11)12)26-34(42(33)59-44(56)53-43(55)49(50,51)52)18-32-24-37(47(7,8)9)22-30(41(32)58-14)16-28(20-35)39(27)54/h19-26,54H,15-18H2,1-14H3,(H,53,55,56). The van der Waals surface area contributed by atoms with Crippen molar-refractivity contribution in [3.63, 3.8) is 0 Å². The number of fused-ring (bicyclic) bond motifs is 8. The number of halogens is 3. The monoisotopic (exact) mass is 863 g/mol. The average Bonchev–Trinajstić information content (AvgIpc) is 3.08. The van der Waals surface area contributed by atoms with E-state index < -0.39 is 15.8 Å². The highest BCUT2D eigenvalue weighted by Gasteiger charge is 2.34. The second kappa shape index (κ2) is 16.5. The minimum absolute atomic E-state index is 0.206. The summed E-state index contributed by atoms with van der Waals surface area (Å²) in [6.07, 6.45) is 0.290. The van der Waals surface area contributed by atoms with E-state index in [0.29, 0.717) is 48.3 Å². The van der Waals surface area contributed by atoms with Gasteiger partial charge in [0.25, 0.3) is 9.70 Å². The number of ether oxygens (including phenoxy) is 3. The summed E-state index contributed by atoms with van der Waals surface area (Å²) in [5.41, 5.74) is 9.75. The average molecular weight is 865 g/mol. The molecule has 2 amide bonds. The van der Waals surface area contributed by atoms with Crippen molar-refractivity contribution in [3.8, 4) is 23.0 Å². The van der Waals surface area contributed by atoms with E-state index in [9.17, 15) is 14.7 Å². The normalized spacial score (nSPS) is 13.8. The number of carbonyl (C=O) groups excluding carboxylic acids is 2. The highest BCUT2D eigenvalue weighted by Crippen LogP contribution is 2.44. The number of imide groups is 1. The lowest BCUT2D eigenvalue weighted by atomic mass is 9.79. The lowest BCUT2D eigenvalue weighted by Gasteiger charge is -2.28. The first-order valence-corrected chi connectivity index (χ1v) is 21.2. The number of phenolic OH excluding ortho intramolecular Hbond substituents is 1. The Balaban J connectivity index is 1.95. The Morgan fingerprint density at radius 1 is 0.492 bits per heavy atom. The van der Waals surface area contributed by atoms with Gasteiger partial charge in [-0.3, -0.25) is 10.1 Å². The van der Waals surface area contributed by atoms with Gasteiger partial charge in [0.05, 0.1) is 14.2 Å². The van der Waals surface area contributed by atoms with E-state index in [4.69, 9.17) is 49.0 Å². The third-order valence-corrected chi connectivity index (χ3v) is 11.6. The van der Waals surface area contributed by atoms with Crippen molar-refractivity contribution in [2.75, 3.05) is 14.2 Å². The molecular formula is C49H60Cl3NO6. The Kier molecular flexibility index (Phi) is 12.9. The second-order valence-electron chi connectivity index (χ2n) is 20.0. The molecule has 8 bridgehead atoms. The molecule has 318 valence electrons. The maximum atomic E-state index is 13.6. The van der Waals surface area contributed by atoms with Gasteiger partial charge < -0.3 is 19.3 Å². The SMILES string of the molecule is COc1c2cc(C(C)(C)C)cc1Cc1cc(C(C)(C)C)cc(c1OC(=O)NC(=O)C(Cl)(Cl)Cl)Cc1cc(C(C)(C)C)cc(c1OC)Cc1cc(C(C)(C)C)cc(c1O)C2. The number of carbonyl (C=O) groups is 2. The van der Waals surface area contributed by atoms with E-state index in [1.54, 1.807) is 14.2 Å². The summed E-state index contributed by atoms with van der Waals surface area (Å²) < 4.78 is 16.3. The molecule has 0 spiro atoms. The van der Waals surface area contributed by atoms with E-state index in [2.05, 4.69) is 125 Å². The number of amides is 2. The Bertz CT molecular complexity index is 2160. The van der Waals surface area contributed by atoms with Gasteiger partial charge in [-0.2, -0.15) is 0 Å². The number of alkyl halides is 3. The summed E-state index contributed by atoms with van der Waals surface area (Å²) in [7, 11) is 3.31. The first-order chi connectivity index (χ1) is 27.0. The largest absolute Gasteiger partial charge is 0.507 e. The van der Waals surface area contributed by atoms with Crippen LogP contribution in [0.2, 0.25) is 0 Å². The number of aromatic hydroxyl groups is 1. The van der Waals surface area contributed by atoms with Crippen molar-refractivity contribution in [1.29, 1.82) is 0 Å². The van der Waals surface area contributed by atoms with E-state index in [0.717, 1.165) is 55.6 Å². The van der Waals surface area contributed by atoms with Crippen LogP contribution in [0.4, 0.5) is 4.79 Å². The van der Waals surface area contributed by atoms with Gasteiger partial charge in [-0.15, -0.1) is 0 Å². The van der Waals surface area contributed by atoms with Crippen molar-refractivity contribution >= 4 is 46.8 Å². The van der Waals surface area contributed by atoms with E-state index >= 15 is 0 Å². The van der Waals surface area contributed by atoms with Crippen molar-refractivity contribution < 1.29 is 28.9 Å². The molecule has 0 heterocycles. The number of benzene rings is 4. The van der Waals surface area contributed by atoms with E-state index in [1.807, 2.05) is 12.1 Å². The quantitative estimate of drug-likeness (QED) is 0.175. The van der Waals surface area contributed by atoms with E-state index in [1.165, 1.54) is 0 Å². The Labute approximate surface area is 366 Å². The van der Waals surface area contributed by atoms with Crippen LogP contribution in [0.25, 0.3) is 0 Å². The highest BCUT2D eigenvalue weighted by molar-refractivity contribution is 6.76. The van der Waals surface area contributed by atoms with Crippen molar-refractivity contribution in [1.82, 2.24) is 5.32 Å². The zero-order chi connectivity index (χ0) is 44.2. The molecule has 0 fully saturated rings. The first-order valence-electron chi connectivity index (χ1n) is 20.0. The topological polar surface area (TPSA) is 94.1 Å². The molecule has 0 atom stereocenters. The number of hydrogen-bond donors (Lipinski definition) is 2. The summed E-state index contributed by atoms with van der Waals surface area (Å²) in [6, 6.07) is 16.9. The molecule has 1 aliphatic carbocycles. The highest BCUT2D eigenvalue weighted by atomic mass is 35.6. The van der Waals surface area contributed by atoms with Gasteiger partial charge in [0.1, 0.15) is 23.0 Å². The van der Waals surface area contributed by atoms with Crippen LogP contribution in [0.3, 0.4) is 0 Å². The van der Waals surface area contributed by atoms with Crippen LogP contribution in [0.1, 0.15) is 150 Å². The van der Waals surface area contributed by atoms with Gasteiger partial charge in [-0.1, -0.05) is 166 Å². The molecule has 4 aromatic rings. The fourth-order valence-corrected chi connectivity index (χ4v) is 7.71. The maximum absolute atomic E-state index is 13.6. The third-order valence-electron chi connectivity index (χ3n) is 11.1. The number of methoxy groups -OCH3 is 2. The van der Waals surface area contributed by atoms with Crippen LogP contribution in [0.5, 0.6) is 23.0 Å². The second-order valence-corrected chi connectivity index (χ2v) is 22.3. The van der Waals surface area contributed by atoms with Crippen molar-refractivity contribution in [3.05, 3.63) is 115 Å². The molecular weight excluding hydrogens is 805 g/mol. The predicted octanol–water partition coefficient (Wildman–Crippen LogP) is 12.3. The minimum Gasteiger partial charge on any atom is -0.507 e. The fraction of sp³-hybridized carbons (Fsp3) is 0.469. The number of rotatable bonds is 3. The van der Waals surface area contributed by atoms with Gasteiger partial charge in [0.15, 0.2) is 0 Å². The zero-order valence-electron chi connectivity index (χ0n) is 37.1. The van der Waals surface area contributed by atoms with Crippen LogP contribution < -0.4 is 19.5 Å². The minimum atomic E-state index is -2.39. The molecule has 0 aromatic heterocycles. The lowest BCUT2D eigenvalue weighted by molar-refractivity contribution is -0.119. The predicted molar refractivity (Wildman–Crippen MR) is 241 cm³/mol. The Morgan fingerprint density at radius 3 is 1.00 bits per heavy atom. The van der Waals surface area contributed by atoms with Crippen LogP contribution in [-0.2, 0) is 52.1 Å². The zero-order valence-corrected chi connectivity index (χ0v) is 39.3. The van der Waals surface area contributed by atoms with Crippen molar-refractivity contribution in [2.45, 2.75) is 134 Å². The molecule has 7 nitrogen and oxygen atoms in total. The molecule has 5 rings (SSSR count). The van der Waals surface area contributed by atoms with Crippen LogP contribution >= 0.6 is 34.8 Å². The maximum Gasteiger partial charge on any atom is 0.419 e. The van der Waals surface area contributed by atoms with Gasteiger partial charge in [-0.25, -0.2) is 4.79 Å². The Hall–Kier alpha value is -3.91. The summed E-state index contributed by atoms with van der Waals surface area (Å²) in [5, 5.41) is 14.4. The fourth-order valence-electron chi connectivity index (χ4n) is 7.57. The molecule has 4 aromatic carbocycles. The molecule has 1 aliphatic rings. The van der Waals surface area contributed by atoms with Crippen molar-refractivity contribution in [2.24, 2.45) is 0 Å². The Morgan fingerprint density at radius 2 is 0.746 bits per heavy atom. The summed E-state index contributed by atoms with van der Waals surface area (Å²) in [5.74, 6) is 0.709. The van der Waals surface area contributed by atoms with Crippen LogP contribution in [-0.4, -0.2) is 35.1 Å². The summed E-state index contributed by atoms with van der Waals surface area (Å²) >= 11 is 17.6. The molecule has 0 saturated heterocycles. The molecule has 0 aliphatic heterocycles. The number of nitrogens with one attached hydrogen (secondary N) is 1. The van der Waals surface area contributed by atoms with E-state index in [-0.39, 0.29) is 33.2 Å². The van der Waals surface area contributed by atoms with Gasteiger partial charge in [0.2, 0.25) is 0 Å².